The number of hydrogen-bond acceptors (Lipinski definition) is 7. The molecule has 0 N–H and O–H groups in total. The minimum absolute atomic E-state index is 0.0850. The Morgan fingerprint density at radius 1 is 0.968 bits per heavy atom. The van der Waals surface area contributed by atoms with Crippen LogP contribution in [0.1, 0.15) is 42.1 Å². The summed E-state index contributed by atoms with van der Waals surface area (Å²) in [6, 6.07) is 17.2. The highest BCUT2D eigenvalue weighted by Crippen LogP contribution is 2.39. The third-order valence-corrected chi connectivity index (χ3v) is 6.50. The zero-order valence-corrected chi connectivity index (χ0v) is 17.8. The van der Waals surface area contributed by atoms with Crippen LogP contribution in [-0.4, -0.2) is 40.7 Å². The van der Waals surface area contributed by atoms with Crippen molar-refractivity contribution in [2.24, 2.45) is 0 Å². The molecule has 2 atom stereocenters. The Hall–Kier alpha value is -3.00. The molecule has 1 amide bonds. The number of carbonyl (C=O) groups excluding carboxylic acids is 1. The fourth-order valence-corrected chi connectivity index (χ4v) is 4.78. The van der Waals surface area contributed by atoms with E-state index >= 15 is 0 Å². The van der Waals surface area contributed by atoms with Gasteiger partial charge in [0.05, 0.1) is 0 Å². The molecule has 31 heavy (non-hydrogen) atoms. The number of fused-ring (bicyclic) bond motifs is 1. The summed E-state index contributed by atoms with van der Waals surface area (Å²) >= 11 is 1.29. The molecule has 5 rings (SSSR count). The van der Waals surface area contributed by atoms with Gasteiger partial charge in [0.2, 0.25) is 12.0 Å². The van der Waals surface area contributed by atoms with Crippen LogP contribution in [0.5, 0.6) is 11.5 Å². The highest BCUT2D eigenvalue weighted by atomic mass is 32.2. The monoisotopic (exact) mass is 437 g/mol. The highest BCUT2D eigenvalue weighted by molar-refractivity contribution is 8.00. The quantitative estimate of drug-likeness (QED) is 0.547. The second-order valence-corrected chi connectivity index (χ2v) is 8.62. The number of thioether (sulfide) groups is 1. The molecule has 0 spiro atoms. The maximum Gasteiger partial charge on any atom is 0.277 e. The van der Waals surface area contributed by atoms with Gasteiger partial charge in [-0.15, -0.1) is 10.2 Å². The zero-order chi connectivity index (χ0) is 21.0. The van der Waals surface area contributed by atoms with Gasteiger partial charge in [0.15, 0.2) is 11.5 Å². The molecule has 0 aliphatic carbocycles. The van der Waals surface area contributed by atoms with Crippen LogP contribution < -0.4 is 9.47 Å². The number of aromatic nitrogens is 2. The molecule has 0 saturated carbocycles. The first-order chi connectivity index (χ1) is 15.3. The van der Waals surface area contributed by atoms with Crippen LogP contribution in [0, 0.1) is 0 Å². The van der Waals surface area contributed by atoms with Crippen LogP contribution in [0.15, 0.2) is 64.2 Å². The van der Waals surface area contributed by atoms with Crippen LogP contribution in [0.4, 0.5) is 0 Å². The van der Waals surface area contributed by atoms with Crippen molar-refractivity contribution in [1.29, 1.82) is 0 Å². The SMILES string of the molecule is O=C([C@H](Sc1nnc([C@@H]2COc3ccccc3O2)o1)c1ccccc1)N1CCCCC1. The van der Waals surface area contributed by atoms with E-state index in [-0.39, 0.29) is 12.5 Å². The van der Waals surface area contributed by atoms with Crippen molar-refractivity contribution in [2.45, 2.75) is 35.8 Å². The first-order valence-electron chi connectivity index (χ1n) is 10.5. The molecule has 0 radical (unpaired) electrons. The number of hydrogen-bond donors (Lipinski definition) is 0. The van der Waals surface area contributed by atoms with E-state index in [2.05, 4.69) is 10.2 Å². The molecule has 1 fully saturated rings. The molecule has 0 bridgehead atoms. The Kier molecular flexibility index (Phi) is 5.80. The van der Waals surface area contributed by atoms with Crippen molar-refractivity contribution >= 4 is 17.7 Å². The summed E-state index contributed by atoms with van der Waals surface area (Å²) in [6.45, 7) is 1.88. The summed E-state index contributed by atoms with van der Waals surface area (Å²) in [5.74, 6) is 1.77. The Labute approximate surface area is 184 Å². The maximum atomic E-state index is 13.3. The number of para-hydroxylation sites is 2. The van der Waals surface area contributed by atoms with Gasteiger partial charge in [-0.1, -0.05) is 42.5 Å². The van der Waals surface area contributed by atoms with E-state index < -0.39 is 11.4 Å². The number of ether oxygens (including phenoxy) is 2. The average Bonchev–Trinajstić information content (AvgIpc) is 3.32. The number of benzene rings is 2. The van der Waals surface area contributed by atoms with Crippen molar-refractivity contribution in [1.82, 2.24) is 15.1 Å². The second-order valence-electron chi connectivity index (χ2n) is 7.56. The van der Waals surface area contributed by atoms with E-state index in [1.54, 1.807) is 0 Å². The summed E-state index contributed by atoms with van der Waals surface area (Å²) < 4.78 is 17.6. The molecule has 0 unspecified atom stereocenters. The van der Waals surface area contributed by atoms with Crippen LogP contribution >= 0.6 is 11.8 Å². The lowest BCUT2D eigenvalue weighted by Gasteiger charge is -2.30. The van der Waals surface area contributed by atoms with Crippen molar-refractivity contribution in [3.8, 4) is 11.5 Å². The van der Waals surface area contributed by atoms with Crippen molar-refractivity contribution < 1.29 is 18.7 Å². The van der Waals surface area contributed by atoms with Gasteiger partial charge in [-0.25, -0.2) is 0 Å². The number of rotatable bonds is 5. The van der Waals surface area contributed by atoms with Gasteiger partial charge in [-0.3, -0.25) is 4.79 Å². The van der Waals surface area contributed by atoms with E-state index in [0.29, 0.717) is 22.6 Å². The number of piperidine rings is 1. The number of nitrogens with zero attached hydrogens (tertiary/aromatic N) is 3. The Morgan fingerprint density at radius 2 is 1.71 bits per heavy atom. The van der Waals surface area contributed by atoms with Crippen LogP contribution in [0.25, 0.3) is 0 Å². The predicted molar refractivity (Wildman–Crippen MR) is 115 cm³/mol. The molecular formula is C23H23N3O4S. The van der Waals surface area contributed by atoms with Crippen molar-refractivity contribution in [3.05, 3.63) is 66.1 Å². The average molecular weight is 438 g/mol. The molecular weight excluding hydrogens is 414 g/mol. The van der Waals surface area contributed by atoms with Gasteiger partial charge in [-0.05, 0) is 48.7 Å². The molecule has 1 saturated heterocycles. The summed E-state index contributed by atoms with van der Waals surface area (Å²) in [4.78, 5) is 15.3. The lowest BCUT2D eigenvalue weighted by atomic mass is 10.1. The number of amides is 1. The minimum Gasteiger partial charge on any atom is -0.485 e. The van der Waals surface area contributed by atoms with Gasteiger partial charge < -0.3 is 18.8 Å². The highest BCUT2D eigenvalue weighted by Gasteiger charge is 2.32. The summed E-state index contributed by atoms with van der Waals surface area (Å²) in [7, 11) is 0. The molecule has 160 valence electrons. The lowest BCUT2D eigenvalue weighted by molar-refractivity contribution is -0.131. The lowest BCUT2D eigenvalue weighted by Crippen LogP contribution is -2.38. The molecule has 3 aromatic rings. The fourth-order valence-electron chi connectivity index (χ4n) is 3.81. The Morgan fingerprint density at radius 3 is 2.52 bits per heavy atom. The molecule has 8 heteroatoms. The van der Waals surface area contributed by atoms with Gasteiger partial charge >= 0.3 is 0 Å². The molecule has 7 nitrogen and oxygen atoms in total. The van der Waals surface area contributed by atoms with Crippen LogP contribution in [0.3, 0.4) is 0 Å². The topological polar surface area (TPSA) is 77.7 Å². The maximum absolute atomic E-state index is 13.3. The summed E-state index contributed by atoms with van der Waals surface area (Å²) in [5, 5.41) is 8.25. The van der Waals surface area contributed by atoms with Crippen molar-refractivity contribution in [3.63, 3.8) is 0 Å². The van der Waals surface area contributed by atoms with E-state index in [0.717, 1.165) is 31.5 Å². The summed E-state index contributed by atoms with van der Waals surface area (Å²) in [6.07, 6.45) is 2.78. The number of likely N-dealkylation sites (tertiary alicyclic amines) is 1. The van der Waals surface area contributed by atoms with E-state index in [1.807, 2.05) is 59.5 Å². The molecule has 2 aliphatic heterocycles. The second kappa shape index (κ2) is 9.01. The van der Waals surface area contributed by atoms with Crippen molar-refractivity contribution in [2.75, 3.05) is 19.7 Å². The standard InChI is InChI=1S/C23H23N3O4S/c27-22(26-13-7-2-8-14-26)20(16-9-3-1-4-10-16)31-23-25-24-21(30-23)19-15-28-17-11-5-6-12-18(17)29-19/h1,3-6,9-12,19-20H,2,7-8,13-15H2/t19-,20+/m0/s1. The van der Waals surface area contributed by atoms with E-state index in [4.69, 9.17) is 13.9 Å². The Balaban J connectivity index is 1.34. The van der Waals surface area contributed by atoms with Gasteiger partial charge in [0, 0.05) is 13.1 Å². The first-order valence-corrected chi connectivity index (χ1v) is 11.4. The smallest absolute Gasteiger partial charge is 0.277 e. The Bertz CT molecular complexity index is 1040. The van der Waals surface area contributed by atoms with Gasteiger partial charge in [-0.2, -0.15) is 0 Å². The fraction of sp³-hybridized carbons (Fsp3) is 0.348. The summed E-state index contributed by atoms with van der Waals surface area (Å²) in [5.41, 5.74) is 0.925. The minimum atomic E-state index is -0.482. The molecule has 1 aromatic heterocycles. The van der Waals surface area contributed by atoms with Gasteiger partial charge in [0.1, 0.15) is 11.9 Å². The normalized spacial score (nSPS) is 19.1. The van der Waals surface area contributed by atoms with E-state index in [9.17, 15) is 4.79 Å². The van der Waals surface area contributed by atoms with Crippen LogP contribution in [-0.2, 0) is 4.79 Å². The molecule has 2 aromatic carbocycles. The third kappa shape index (κ3) is 4.39. The van der Waals surface area contributed by atoms with E-state index in [1.165, 1.54) is 18.2 Å². The predicted octanol–water partition coefficient (Wildman–Crippen LogP) is 4.43. The number of carbonyl (C=O) groups is 1. The van der Waals surface area contributed by atoms with Crippen LogP contribution in [0.2, 0.25) is 0 Å². The first kappa shape index (κ1) is 19.9. The molecule has 2 aliphatic rings. The zero-order valence-electron chi connectivity index (χ0n) is 17.0. The largest absolute Gasteiger partial charge is 0.485 e. The molecule has 3 heterocycles. The third-order valence-electron chi connectivity index (χ3n) is 5.42. The van der Waals surface area contributed by atoms with Gasteiger partial charge in [0.25, 0.3) is 11.1 Å².